The molecule has 4 heteroatoms. The van der Waals surface area contributed by atoms with Gasteiger partial charge >= 0.3 is 0 Å². The Bertz CT molecular complexity index is 463. The van der Waals surface area contributed by atoms with Crippen LogP contribution in [0.5, 0.6) is 0 Å². The maximum atomic E-state index is 9.97. The molecular formula is C17H27N3O. The van der Waals surface area contributed by atoms with Gasteiger partial charge in [0.25, 0.3) is 0 Å². The second kappa shape index (κ2) is 6.32. The molecule has 21 heavy (non-hydrogen) atoms. The van der Waals surface area contributed by atoms with E-state index in [9.17, 15) is 5.11 Å². The number of pyridine rings is 1. The average Bonchev–Trinajstić information content (AvgIpc) is 2.71. The molecule has 0 saturated carbocycles. The molecule has 1 aromatic heterocycles. The second-order valence-corrected chi connectivity index (χ2v) is 6.93. The summed E-state index contributed by atoms with van der Waals surface area (Å²) >= 11 is 0. The number of aliphatic hydroxyl groups is 1. The van der Waals surface area contributed by atoms with E-state index in [1.807, 2.05) is 12.3 Å². The molecule has 2 N–H and O–H groups in total. The van der Waals surface area contributed by atoms with Crippen LogP contribution in [-0.4, -0.2) is 34.8 Å². The standard InChI is InChI=1S/C17H27N3O/c1-12(2)10-18-11-13-4-3-7-19-17(13)20-14-5-6-15(20)9-16(21)8-14/h3-4,7,12,14-16,18,21H,5-6,8-11H2,1-2H3. The Morgan fingerprint density at radius 2 is 2.05 bits per heavy atom. The Balaban J connectivity index is 1.76. The Kier molecular flexibility index (Phi) is 4.45. The van der Waals surface area contributed by atoms with E-state index < -0.39 is 0 Å². The zero-order valence-corrected chi connectivity index (χ0v) is 13.1. The highest BCUT2D eigenvalue weighted by atomic mass is 16.3. The van der Waals surface area contributed by atoms with Crippen LogP contribution in [0.4, 0.5) is 5.82 Å². The Morgan fingerprint density at radius 1 is 1.33 bits per heavy atom. The fraction of sp³-hybridized carbons (Fsp3) is 0.706. The molecule has 0 aromatic carbocycles. The van der Waals surface area contributed by atoms with Gasteiger partial charge < -0.3 is 15.3 Å². The lowest BCUT2D eigenvalue weighted by Crippen LogP contribution is -2.45. The first-order chi connectivity index (χ1) is 10.1. The Hall–Kier alpha value is -1.13. The first kappa shape index (κ1) is 14.8. The molecule has 2 saturated heterocycles. The molecule has 3 rings (SSSR count). The van der Waals surface area contributed by atoms with Crippen LogP contribution < -0.4 is 10.2 Å². The fourth-order valence-electron chi connectivity index (χ4n) is 3.79. The number of aromatic nitrogens is 1. The molecule has 2 atom stereocenters. The molecule has 3 heterocycles. The van der Waals surface area contributed by atoms with Crippen molar-refractivity contribution in [3.05, 3.63) is 23.9 Å². The van der Waals surface area contributed by atoms with E-state index in [0.717, 1.165) is 31.7 Å². The quantitative estimate of drug-likeness (QED) is 0.873. The number of nitrogens with one attached hydrogen (secondary N) is 1. The van der Waals surface area contributed by atoms with E-state index in [0.29, 0.717) is 18.0 Å². The monoisotopic (exact) mass is 289 g/mol. The summed E-state index contributed by atoms with van der Waals surface area (Å²) in [5.74, 6) is 1.79. The van der Waals surface area contributed by atoms with Crippen molar-refractivity contribution in [2.24, 2.45) is 5.92 Å². The zero-order valence-electron chi connectivity index (χ0n) is 13.1. The van der Waals surface area contributed by atoms with Crippen molar-refractivity contribution >= 4 is 5.82 Å². The van der Waals surface area contributed by atoms with Crippen LogP contribution in [0.3, 0.4) is 0 Å². The molecule has 0 radical (unpaired) electrons. The summed E-state index contributed by atoms with van der Waals surface area (Å²) in [6.07, 6.45) is 5.95. The molecule has 4 nitrogen and oxygen atoms in total. The Labute approximate surface area is 127 Å². The number of hydrogen-bond donors (Lipinski definition) is 2. The van der Waals surface area contributed by atoms with Gasteiger partial charge in [0.1, 0.15) is 5.82 Å². The summed E-state index contributed by atoms with van der Waals surface area (Å²) in [7, 11) is 0. The van der Waals surface area contributed by atoms with Gasteiger partial charge in [-0.2, -0.15) is 0 Å². The van der Waals surface area contributed by atoms with Crippen LogP contribution in [0.2, 0.25) is 0 Å². The lowest BCUT2D eigenvalue weighted by atomic mass is 9.99. The van der Waals surface area contributed by atoms with Crippen LogP contribution in [0, 0.1) is 5.92 Å². The Morgan fingerprint density at radius 3 is 2.71 bits per heavy atom. The number of nitrogens with zero attached hydrogens (tertiary/aromatic N) is 2. The molecule has 116 valence electrons. The number of piperidine rings is 1. The van der Waals surface area contributed by atoms with Gasteiger partial charge in [0, 0.05) is 30.4 Å². The van der Waals surface area contributed by atoms with Crippen molar-refractivity contribution in [2.45, 2.75) is 64.3 Å². The smallest absolute Gasteiger partial charge is 0.133 e. The molecule has 2 aliphatic heterocycles. The van der Waals surface area contributed by atoms with Crippen molar-refractivity contribution in [3.63, 3.8) is 0 Å². The minimum atomic E-state index is -0.120. The predicted molar refractivity (Wildman–Crippen MR) is 85.3 cm³/mol. The van der Waals surface area contributed by atoms with Crippen LogP contribution in [0.15, 0.2) is 18.3 Å². The van der Waals surface area contributed by atoms with E-state index in [4.69, 9.17) is 0 Å². The number of aliphatic hydroxyl groups excluding tert-OH is 1. The number of rotatable bonds is 5. The van der Waals surface area contributed by atoms with Crippen LogP contribution in [-0.2, 0) is 6.54 Å². The molecule has 0 aliphatic carbocycles. The van der Waals surface area contributed by atoms with Gasteiger partial charge in [-0.1, -0.05) is 19.9 Å². The summed E-state index contributed by atoms with van der Waals surface area (Å²) in [5.41, 5.74) is 1.28. The van der Waals surface area contributed by atoms with Crippen molar-refractivity contribution in [1.82, 2.24) is 10.3 Å². The minimum absolute atomic E-state index is 0.120. The maximum absolute atomic E-state index is 9.97. The van der Waals surface area contributed by atoms with Gasteiger partial charge in [-0.3, -0.25) is 0 Å². The van der Waals surface area contributed by atoms with E-state index in [1.165, 1.54) is 18.4 Å². The average molecular weight is 289 g/mol. The number of fused-ring (bicyclic) bond motifs is 2. The van der Waals surface area contributed by atoms with Gasteiger partial charge in [0.05, 0.1) is 6.10 Å². The lowest BCUT2D eigenvalue weighted by molar-refractivity contribution is 0.126. The molecule has 1 aromatic rings. The topological polar surface area (TPSA) is 48.4 Å². The summed E-state index contributed by atoms with van der Waals surface area (Å²) < 4.78 is 0. The molecule has 2 aliphatic rings. The van der Waals surface area contributed by atoms with E-state index in [2.05, 4.69) is 35.1 Å². The van der Waals surface area contributed by atoms with Gasteiger partial charge in [0.15, 0.2) is 0 Å². The summed E-state index contributed by atoms with van der Waals surface area (Å²) in [6, 6.07) is 5.14. The summed E-state index contributed by atoms with van der Waals surface area (Å²) in [4.78, 5) is 7.16. The van der Waals surface area contributed by atoms with Crippen LogP contribution in [0.25, 0.3) is 0 Å². The predicted octanol–water partition coefficient (Wildman–Crippen LogP) is 2.32. The highest BCUT2D eigenvalue weighted by Gasteiger charge is 2.41. The fourth-order valence-corrected chi connectivity index (χ4v) is 3.79. The SMILES string of the molecule is CC(C)CNCc1cccnc1N1C2CCC1CC(O)C2. The normalized spacial score (nSPS) is 28.4. The number of anilines is 1. The van der Waals surface area contributed by atoms with Crippen LogP contribution in [0.1, 0.15) is 45.1 Å². The third-order valence-electron chi connectivity index (χ3n) is 4.69. The van der Waals surface area contributed by atoms with E-state index >= 15 is 0 Å². The van der Waals surface area contributed by atoms with Crippen molar-refractivity contribution in [2.75, 3.05) is 11.4 Å². The van der Waals surface area contributed by atoms with Crippen molar-refractivity contribution in [3.8, 4) is 0 Å². The van der Waals surface area contributed by atoms with Crippen LogP contribution >= 0.6 is 0 Å². The molecular weight excluding hydrogens is 262 g/mol. The summed E-state index contributed by atoms with van der Waals surface area (Å²) in [6.45, 7) is 6.35. The lowest BCUT2D eigenvalue weighted by Gasteiger charge is -2.39. The van der Waals surface area contributed by atoms with Crippen molar-refractivity contribution in [1.29, 1.82) is 0 Å². The second-order valence-electron chi connectivity index (χ2n) is 6.93. The van der Waals surface area contributed by atoms with Gasteiger partial charge in [-0.05, 0) is 44.2 Å². The highest BCUT2D eigenvalue weighted by molar-refractivity contribution is 5.50. The largest absolute Gasteiger partial charge is 0.393 e. The maximum Gasteiger partial charge on any atom is 0.133 e. The molecule has 0 spiro atoms. The zero-order chi connectivity index (χ0) is 14.8. The third kappa shape index (κ3) is 3.22. The highest BCUT2D eigenvalue weighted by Crippen LogP contribution is 2.39. The van der Waals surface area contributed by atoms with Crippen molar-refractivity contribution < 1.29 is 5.11 Å². The first-order valence-electron chi connectivity index (χ1n) is 8.26. The van der Waals surface area contributed by atoms with E-state index in [1.54, 1.807) is 0 Å². The van der Waals surface area contributed by atoms with E-state index in [-0.39, 0.29) is 6.10 Å². The van der Waals surface area contributed by atoms with Gasteiger partial charge in [0.2, 0.25) is 0 Å². The number of hydrogen-bond acceptors (Lipinski definition) is 4. The molecule has 2 unspecified atom stereocenters. The summed E-state index contributed by atoms with van der Waals surface area (Å²) in [5, 5.41) is 13.5. The molecule has 0 amide bonds. The minimum Gasteiger partial charge on any atom is -0.393 e. The molecule has 2 bridgehead atoms. The van der Waals surface area contributed by atoms with Gasteiger partial charge in [-0.25, -0.2) is 4.98 Å². The first-order valence-corrected chi connectivity index (χ1v) is 8.26. The van der Waals surface area contributed by atoms with Gasteiger partial charge in [-0.15, -0.1) is 0 Å². The molecule has 2 fully saturated rings. The third-order valence-corrected chi connectivity index (χ3v) is 4.69.